The molecule has 1 heterocycles. The Labute approximate surface area is 143 Å². The first-order valence-corrected chi connectivity index (χ1v) is 7.94. The number of fused-ring (bicyclic) bond motifs is 1. The SMILES string of the molecule is CN(C)c1ccc(/C=C2\CCCc3c2nc(=O)[nH]c3C(F)(F)F)cc1. The lowest BCUT2D eigenvalue weighted by Gasteiger charge is -2.21. The van der Waals surface area contributed by atoms with E-state index >= 15 is 0 Å². The molecule has 2 aromatic rings. The number of halogens is 3. The van der Waals surface area contributed by atoms with Crippen molar-refractivity contribution in [1.82, 2.24) is 9.97 Å². The van der Waals surface area contributed by atoms with Crippen molar-refractivity contribution < 1.29 is 13.2 Å². The molecule has 0 saturated carbocycles. The highest BCUT2D eigenvalue weighted by Crippen LogP contribution is 2.37. The van der Waals surface area contributed by atoms with Crippen LogP contribution >= 0.6 is 0 Å². The van der Waals surface area contributed by atoms with E-state index in [0.29, 0.717) is 18.4 Å². The molecule has 0 fully saturated rings. The van der Waals surface area contributed by atoms with Gasteiger partial charge >= 0.3 is 11.9 Å². The Morgan fingerprint density at radius 3 is 2.44 bits per heavy atom. The zero-order chi connectivity index (χ0) is 18.2. The molecule has 1 aliphatic carbocycles. The summed E-state index contributed by atoms with van der Waals surface area (Å²) in [4.78, 5) is 19.3. The van der Waals surface area contributed by atoms with Gasteiger partial charge in [0.05, 0.1) is 5.69 Å². The monoisotopic (exact) mass is 349 g/mol. The first kappa shape index (κ1) is 17.3. The molecule has 1 aromatic heterocycles. The number of nitrogens with zero attached hydrogens (tertiary/aromatic N) is 2. The zero-order valence-corrected chi connectivity index (χ0v) is 13.9. The Morgan fingerprint density at radius 1 is 1.16 bits per heavy atom. The highest BCUT2D eigenvalue weighted by molar-refractivity contribution is 5.82. The predicted molar refractivity (Wildman–Crippen MR) is 91.4 cm³/mol. The third-order valence-corrected chi connectivity index (χ3v) is 4.24. The standard InChI is InChI=1S/C18H18F3N3O/c1-24(2)13-8-6-11(7-9-13)10-12-4-3-5-14-15(12)22-17(25)23-16(14)18(19,20)21/h6-10H,3-5H2,1-2H3,(H,22,23,25)/b12-10+. The zero-order valence-electron chi connectivity index (χ0n) is 13.9. The van der Waals surface area contributed by atoms with E-state index in [2.05, 4.69) is 4.98 Å². The lowest BCUT2D eigenvalue weighted by atomic mass is 9.89. The lowest BCUT2D eigenvalue weighted by Crippen LogP contribution is -2.25. The maximum atomic E-state index is 13.2. The Balaban J connectivity index is 2.07. The van der Waals surface area contributed by atoms with Crippen molar-refractivity contribution in [2.45, 2.75) is 25.4 Å². The molecule has 1 aliphatic rings. The van der Waals surface area contributed by atoms with Crippen LogP contribution in [0.3, 0.4) is 0 Å². The van der Waals surface area contributed by atoms with Crippen LogP contribution in [0.4, 0.5) is 18.9 Å². The van der Waals surface area contributed by atoms with E-state index in [4.69, 9.17) is 0 Å². The molecule has 25 heavy (non-hydrogen) atoms. The van der Waals surface area contributed by atoms with Gasteiger partial charge in [0.25, 0.3) is 0 Å². The fourth-order valence-electron chi connectivity index (χ4n) is 3.03. The normalized spacial score (nSPS) is 16.0. The number of nitrogens with one attached hydrogen (secondary N) is 1. The van der Waals surface area contributed by atoms with E-state index < -0.39 is 17.6 Å². The van der Waals surface area contributed by atoms with Crippen LogP contribution in [0.15, 0.2) is 29.1 Å². The summed E-state index contributed by atoms with van der Waals surface area (Å²) in [5.74, 6) is 0. The molecule has 1 N–H and O–H groups in total. The number of allylic oxidation sites excluding steroid dienone is 1. The summed E-state index contributed by atoms with van der Waals surface area (Å²) < 4.78 is 39.6. The fraction of sp³-hybridized carbons (Fsp3) is 0.333. The first-order valence-electron chi connectivity index (χ1n) is 7.94. The van der Waals surface area contributed by atoms with Crippen LogP contribution in [-0.2, 0) is 12.6 Å². The number of hydrogen-bond donors (Lipinski definition) is 1. The largest absolute Gasteiger partial charge is 0.431 e. The van der Waals surface area contributed by atoms with Crippen LogP contribution in [0, 0.1) is 0 Å². The molecule has 0 amide bonds. The Bertz CT molecular complexity index is 865. The molecular weight excluding hydrogens is 331 g/mol. The molecular formula is C18H18F3N3O. The molecule has 0 atom stereocenters. The van der Waals surface area contributed by atoms with Crippen molar-refractivity contribution in [3.05, 3.63) is 57.3 Å². The summed E-state index contributed by atoms with van der Waals surface area (Å²) >= 11 is 0. The molecule has 0 spiro atoms. The van der Waals surface area contributed by atoms with Gasteiger partial charge in [-0.2, -0.15) is 18.2 Å². The molecule has 3 rings (SSSR count). The van der Waals surface area contributed by atoms with Crippen molar-refractivity contribution in [3.8, 4) is 0 Å². The van der Waals surface area contributed by atoms with Crippen molar-refractivity contribution in [3.63, 3.8) is 0 Å². The minimum atomic E-state index is -4.60. The molecule has 7 heteroatoms. The van der Waals surface area contributed by atoms with Gasteiger partial charge in [0, 0.05) is 25.3 Å². The van der Waals surface area contributed by atoms with Crippen LogP contribution in [-0.4, -0.2) is 24.1 Å². The van der Waals surface area contributed by atoms with Crippen LogP contribution in [0.25, 0.3) is 11.6 Å². The molecule has 4 nitrogen and oxygen atoms in total. The average Bonchev–Trinajstić information content (AvgIpc) is 2.54. The van der Waals surface area contributed by atoms with Crippen LogP contribution in [0.2, 0.25) is 0 Å². The van der Waals surface area contributed by atoms with Gasteiger partial charge in [-0.25, -0.2) is 4.79 Å². The molecule has 132 valence electrons. The minimum Gasteiger partial charge on any atom is -0.378 e. The summed E-state index contributed by atoms with van der Waals surface area (Å²) in [7, 11) is 3.86. The smallest absolute Gasteiger partial charge is 0.378 e. The number of anilines is 1. The third kappa shape index (κ3) is 3.60. The van der Waals surface area contributed by atoms with E-state index in [-0.39, 0.29) is 17.7 Å². The van der Waals surface area contributed by atoms with Crippen molar-refractivity contribution in [2.24, 2.45) is 0 Å². The van der Waals surface area contributed by atoms with E-state index in [0.717, 1.165) is 11.3 Å². The number of rotatable bonds is 2. The summed E-state index contributed by atoms with van der Waals surface area (Å²) in [6.07, 6.45) is -1.35. The second-order valence-electron chi connectivity index (χ2n) is 6.25. The van der Waals surface area contributed by atoms with Gasteiger partial charge in [0.15, 0.2) is 0 Å². The number of alkyl halides is 3. The van der Waals surface area contributed by atoms with Crippen LogP contribution in [0.1, 0.15) is 35.4 Å². The molecule has 0 unspecified atom stereocenters. The van der Waals surface area contributed by atoms with Crippen molar-refractivity contribution in [1.29, 1.82) is 0 Å². The van der Waals surface area contributed by atoms with Crippen LogP contribution in [0.5, 0.6) is 0 Å². The number of H-pyrrole nitrogens is 1. The lowest BCUT2D eigenvalue weighted by molar-refractivity contribution is -0.142. The van der Waals surface area contributed by atoms with Crippen molar-refractivity contribution in [2.75, 3.05) is 19.0 Å². The number of aromatic amines is 1. The summed E-state index contributed by atoms with van der Waals surface area (Å²) in [5, 5.41) is 0. The minimum absolute atomic E-state index is 0.0783. The van der Waals surface area contributed by atoms with Crippen molar-refractivity contribution >= 4 is 17.3 Å². The van der Waals surface area contributed by atoms with Gasteiger partial charge in [-0.1, -0.05) is 12.1 Å². The van der Waals surface area contributed by atoms with Crippen LogP contribution < -0.4 is 10.6 Å². The Hall–Kier alpha value is -2.57. The van der Waals surface area contributed by atoms with Gasteiger partial charge in [0.1, 0.15) is 5.69 Å². The van der Waals surface area contributed by atoms with Gasteiger partial charge in [0.2, 0.25) is 0 Å². The number of aromatic nitrogens is 2. The highest BCUT2D eigenvalue weighted by atomic mass is 19.4. The number of hydrogen-bond acceptors (Lipinski definition) is 3. The Kier molecular flexibility index (Phi) is 4.41. The third-order valence-electron chi connectivity index (χ3n) is 4.24. The van der Waals surface area contributed by atoms with Gasteiger partial charge in [-0.05, 0) is 48.6 Å². The molecule has 0 aliphatic heterocycles. The van der Waals surface area contributed by atoms with Gasteiger partial charge in [-0.15, -0.1) is 0 Å². The maximum absolute atomic E-state index is 13.2. The maximum Gasteiger partial charge on any atom is 0.431 e. The highest BCUT2D eigenvalue weighted by Gasteiger charge is 2.37. The van der Waals surface area contributed by atoms with E-state index in [1.807, 2.05) is 54.3 Å². The summed E-state index contributed by atoms with van der Waals surface area (Å²) in [6.45, 7) is 0. The summed E-state index contributed by atoms with van der Waals surface area (Å²) in [5.41, 5.74) is 0.853. The molecule has 0 radical (unpaired) electrons. The average molecular weight is 349 g/mol. The molecule has 0 saturated heterocycles. The van der Waals surface area contributed by atoms with Gasteiger partial charge < -0.3 is 9.88 Å². The fourth-order valence-corrected chi connectivity index (χ4v) is 3.03. The molecule has 0 bridgehead atoms. The summed E-state index contributed by atoms with van der Waals surface area (Å²) in [6, 6.07) is 7.66. The van der Waals surface area contributed by atoms with E-state index in [1.54, 1.807) is 0 Å². The predicted octanol–water partition coefficient (Wildman–Crippen LogP) is 3.73. The second kappa shape index (κ2) is 6.38. The first-order chi connectivity index (χ1) is 11.8. The Morgan fingerprint density at radius 2 is 1.84 bits per heavy atom. The topological polar surface area (TPSA) is 49.0 Å². The number of benzene rings is 1. The second-order valence-corrected chi connectivity index (χ2v) is 6.25. The van der Waals surface area contributed by atoms with E-state index in [1.165, 1.54) is 0 Å². The molecule has 1 aromatic carbocycles. The van der Waals surface area contributed by atoms with Gasteiger partial charge in [-0.3, -0.25) is 0 Å². The van der Waals surface area contributed by atoms with E-state index in [9.17, 15) is 18.0 Å². The quantitative estimate of drug-likeness (QED) is 0.899.